The van der Waals surface area contributed by atoms with Crippen LogP contribution in [-0.4, -0.2) is 29.3 Å². The van der Waals surface area contributed by atoms with Gasteiger partial charge in [-0.15, -0.1) is 0 Å². The Balaban J connectivity index is 1.55. The molecule has 142 valence electrons. The van der Waals surface area contributed by atoms with Gasteiger partial charge in [0.25, 0.3) is 11.8 Å². The zero-order chi connectivity index (χ0) is 19.9. The van der Waals surface area contributed by atoms with Crippen LogP contribution in [0.2, 0.25) is 0 Å². The van der Waals surface area contributed by atoms with Gasteiger partial charge in [-0.1, -0.05) is 18.2 Å². The first-order chi connectivity index (χ1) is 13.5. The highest BCUT2D eigenvalue weighted by atomic mass is 19.1. The SMILES string of the molecule is O=C(Nc1ccc(F)cc1)Nc1ccc(/C=C/C(=O)N2CCC=CC2=O)cc1. The molecule has 7 heteroatoms. The molecule has 3 rings (SSSR count). The lowest BCUT2D eigenvalue weighted by Gasteiger charge is -2.19. The second kappa shape index (κ2) is 8.77. The van der Waals surface area contributed by atoms with Gasteiger partial charge in [0.05, 0.1) is 0 Å². The summed E-state index contributed by atoms with van der Waals surface area (Å²) < 4.78 is 12.9. The molecule has 0 aromatic heterocycles. The van der Waals surface area contributed by atoms with E-state index >= 15 is 0 Å². The molecule has 0 unspecified atom stereocenters. The summed E-state index contributed by atoms with van der Waals surface area (Å²) in [6.07, 6.45) is 6.75. The Morgan fingerprint density at radius 2 is 1.57 bits per heavy atom. The van der Waals surface area contributed by atoms with Crippen LogP contribution in [0.1, 0.15) is 12.0 Å². The highest BCUT2D eigenvalue weighted by Gasteiger charge is 2.18. The number of carbonyl (C=O) groups excluding carboxylic acids is 3. The molecular weight excluding hydrogens is 361 g/mol. The minimum atomic E-state index is -0.457. The van der Waals surface area contributed by atoms with E-state index < -0.39 is 6.03 Å². The van der Waals surface area contributed by atoms with Crippen molar-refractivity contribution in [3.8, 4) is 0 Å². The normalized spacial score (nSPS) is 13.6. The maximum atomic E-state index is 12.9. The third-order valence-electron chi connectivity index (χ3n) is 4.00. The maximum absolute atomic E-state index is 12.9. The van der Waals surface area contributed by atoms with Gasteiger partial charge in [-0.05, 0) is 60.5 Å². The van der Waals surface area contributed by atoms with E-state index in [1.54, 1.807) is 36.4 Å². The van der Waals surface area contributed by atoms with Crippen molar-refractivity contribution in [1.29, 1.82) is 0 Å². The van der Waals surface area contributed by atoms with E-state index in [4.69, 9.17) is 0 Å². The third-order valence-corrected chi connectivity index (χ3v) is 4.00. The number of benzene rings is 2. The monoisotopic (exact) mass is 379 g/mol. The first-order valence-corrected chi connectivity index (χ1v) is 8.65. The molecule has 0 radical (unpaired) electrons. The Labute approximate surface area is 161 Å². The van der Waals surface area contributed by atoms with Crippen molar-refractivity contribution in [1.82, 2.24) is 4.90 Å². The number of hydrogen-bond donors (Lipinski definition) is 2. The summed E-state index contributed by atoms with van der Waals surface area (Å²) in [5.41, 5.74) is 1.77. The van der Waals surface area contributed by atoms with Crippen LogP contribution in [-0.2, 0) is 9.59 Å². The molecule has 0 aliphatic carbocycles. The van der Waals surface area contributed by atoms with Crippen LogP contribution < -0.4 is 10.6 Å². The van der Waals surface area contributed by atoms with Crippen LogP contribution >= 0.6 is 0 Å². The highest BCUT2D eigenvalue weighted by Crippen LogP contribution is 2.13. The second-order valence-corrected chi connectivity index (χ2v) is 6.06. The molecule has 0 atom stereocenters. The van der Waals surface area contributed by atoms with E-state index in [2.05, 4.69) is 10.6 Å². The van der Waals surface area contributed by atoms with Crippen LogP contribution in [0.25, 0.3) is 6.08 Å². The largest absolute Gasteiger partial charge is 0.323 e. The number of amides is 4. The first-order valence-electron chi connectivity index (χ1n) is 8.65. The summed E-state index contributed by atoms with van der Waals surface area (Å²) in [4.78, 5) is 36.9. The average molecular weight is 379 g/mol. The summed E-state index contributed by atoms with van der Waals surface area (Å²) in [7, 11) is 0. The molecule has 1 aliphatic rings. The second-order valence-electron chi connectivity index (χ2n) is 6.06. The van der Waals surface area contributed by atoms with Gasteiger partial charge in [0, 0.05) is 24.0 Å². The Bertz CT molecular complexity index is 934. The van der Waals surface area contributed by atoms with Crippen molar-refractivity contribution in [2.45, 2.75) is 6.42 Å². The molecule has 1 aliphatic heterocycles. The molecule has 2 N–H and O–H groups in total. The Hall–Kier alpha value is -3.74. The van der Waals surface area contributed by atoms with Crippen molar-refractivity contribution in [3.05, 3.63) is 78.1 Å². The van der Waals surface area contributed by atoms with Crippen LogP contribution in [0.15, 0.2) is 66.8 Å². The summed E-state index contributed by atoms with van der Waals surface area (Å²) in [6.45, 7) is 0.379. The number of nitrogens with one attached hydrogen (secondary N) is 2. The van der Waals surface area contributed by atoms with Crippen LogP contribution in [0.5, 0.6) is 0 Å². The molecular formula is C21H18FN3O3. The van der Waals surface area contributed by atoms with E-state index in [9.17, 15) is 18.8 Å². The molecule has 0 saturated heterocycles. The van der Waals surface area contributed by atoms with Crippen LogP contribution in [0, 0.1) is 5.82 Å². The fourth-order valence-corrected chi connectivity index (χ4v) is 2.57. The lowest BCUT2D eigenvalue weighted by Crippen LogP contribution is -2.37. The molecule has 6 nitrogen and oxygen atoms in total. The Morgan fingerprint density at radius 1 is 0.964 bits per heavy atom. The zero-order valence-electron chi connectivity index (χ0n) is 14.9. The van der Waals surface area contributed by atoms with E-state index in [1.807, 2.05) is 0 Å². The van der Waals surface area contributed by atoms with Gasteiger partial charge in [0.1, 0.15) is 5.82 Å². The molecule has 0 bridgehead atoms. The lowest BCUT2D eigenvalue weighted by atomic mass is 10.2. The summed E-state index contributed by atoms with van der Waals surface area (Å²) >= 11 is 0. The van der Waals surface area contributed by atoms with Crippen molar-refractivity contribution >= 4 is 35.3 Å². The minimum Gasteiger partial charge on any atom is -0.308 e. The van der Waals surface area contributed by atoms with E-state index in [0.717, 1.165) is 5.56 Å². The number of hydrogen-bond acceptors (Lipinski definition) is 3. The predicted molar refractivity (Wildman–Crippen MR) is 105 cm³/mol. The first kappa shape index (κ1) is 19.0. The number of rotatable bonds is 4. The third kappa shape index (κ3) is 5.14. The molecule has 2 aromatic carbocycles. The quantitative estimate of drug-likeness (QED) is 0.793. The summed E-state index contributed by atoms with van der Waals surface area (Å²) in [5.74, 6) is -1.06. The summed E-state index contributed by atoms with van der Waals surface area (Å²) in [5, 5.41) is 5.25. The average Bonchev–Trinajstić information content (AvgIpc) is 2.69. The summed E-state index contributed by atoms with van der Waals surface area (Å²) in [6, 6.07) is 11.8. The number of halogens is 1. The standard InChI is InChI=1S/C21H18FN3O3/c22-16-7-11-18(12-8-16)24-21(28)23-17-9-4-15(5-10-17)6-13-20(27)25-14-2-1-3-19(25)26/h1,3-13H,2,14H2,(H2,23,24,28)/b13-6+. The van der Waals surface area contributed by atoms with Crippen LogP contribution in [0.4, 0.5) is 20.6 Å². The van der Waals surface area contributed by atoms with Gasteiger partial charge in [-0.25, -0.2) is 9.18 Å². The predicted octanol–water partition coefficient (Wildman–Crippen LogP) is 3.80. The highest BCUT2D eigenvalue weighted by molar-refractivity contribution is 6.07. The Kier molecular flexibility index (Phi) is 5.96. The fourth-order valence-electron chi connectivity index (χ4n) is 2.57. The van der Waals surface area contributed by atoms with Crippen molar-refractivity contribution in [2.24, 2.45) is 0 Å². The zero-order valence-corrected chi connectivity index (χ0v) is 14.9. The van der Waals surface area contributed by atoms with Gasteiger partial charge >= 0.3 is 6.03 Å². The maximum Gasteiger partial charge on any atom is 0.323 e. The van der Waals surface area contributed by atoms with Gasteiger partial charge in [0.15, 0.2) is 0 Å². The smallest absolute Gasteiger partial charge is 0.308 e. The molecule has 4 amide bonds. The molecule has 0 saturated carbocycles. The van der Waals surface area contributed by atoms with E-state index in [0.29, 0.717) is 24.3 Å². The molecule has 28 heavy (non-hydrogen) atoms. The molecule has 1 heterocycles. The topological polar surface area (TPSA) is 78.5 Å². The Morgan fingerprint density at radius 3 is 2.18 bits per heavy atom. The van der Waals surface area contributed by atoms with Gasteiger partial charge in [-0.3, -0.25) is 14.5 Å². The van der Waals surface area contributed by atoms with Gasteiger partial charge in [-0.2, -0.15) is 0 Å². The van der Waals surface area contributed by atoms with Crippen molar-refractivity contribution in [2.75, 3.05) is 17.2 Å². The number of carbonyl (C=O) groups is 3. The van der Waals surface area contributed by atoms with Gasteiger partial charge < -0.3 is 10.6 Å². The van der Waals surface area contributed by atoms with E-state index in [-0.39, 0.29) is 17.6 Å². The van der Waals surface area contributed by atoms with Crippen LogP contribution in [0.3, 0.4) is 0 Å². The van der Waals surface area contributed by atoms with E-state index in [1.165, 1.54) is 41.3 Å². The van der Waals surface area contributed by atoms with Crippen molar-refractivity contribution in [3.63, 3.8) is 0 Å². The van der Waals surface area contributed by atoms with Gasteiger partial charge in [0.2, 0.25) is 0 Å². The number of nitrogens with zero attached hydrogens (tertiary/aromatic N) is 1. The fraction of sp³-hybridized carbons (Fsp3) is 0.0952. The molecule has 0 fully saturated rings. The number of anilines is 2. The molecule has 0 spiro atoms. The minimum absolute atomic E-state index is 0.312. The number of imide groups is 1. The lowest BCUT2D eigenvalue weighted by molar-refractivity contribution is -0.139. The van der Waals surface area contributed by atoms with Crippen molar-refractivity contribution < 1.29 is 18.8 Å². The number of urea groups is 1. The molecule has 2 aromatic rings.